The smallest absolute Gasteiger partial charge is 0.222 e. The fourth-order valence-electron chi connectivity index (χ4n) is 1.83. The summed E-state index contributed by atoms with van der Waals surface area (Å²) >= 11 is 0. The first-order chi connectivity index (χ1) is 8.22. The Hall–Kier alpha value is -1.06. The predicted octanol–water partition coefficient (Wildman–Crippen LogP) is 2.83. The fourth-order valence-corrected chi connectivity index (χ4v) is 1.83. The lowest BCUT2D eigenvalue weighted by Gasteiger charge is -2.23. The number of rotatable bonds is 0. The number of likely N-dealkylation sites (tertiary alicyclic amines) is 1. The highest BCUT2D eigenvalue weighted by Crippen LogP contribution is 2.32. The van der Waals surface area contributed by atoms with Crippen LogP contribution in [0.25, 0.3) is 0 Å². The summed E-state index contributed by atoms with van der Waals surface area (Å²) in [6, 6.07) is 0. The Kier molecular flexibility index (Phi) is 7.59. The van der Waals surface area contributed by atoms with Gasteiger partial charge in [0.05, 0.1) is 0 Å². The van der Waals surface area contributed by atoms with Crippen LogP contribution in [0.3, 0.4) is 0 Å². The van der Waals surface area contributed by atoms with Crippen molar-refractivity contribution in [2.24, 2.45) is 5.16 Å². The van der Waals surface area contributed by atoms with E-state index in [0.717, 1.165) is 25.8 Å². The molecule has 1 saturated heterocycles. The van der Waals surface area contributed by atoms with E-state index in [-0.39, 0.29) is 11.5 Å². The predicted molar refractivity (Wildman–Crippen MR) is 71.1 cm³/mol. The first-order valence-electron chi connectivity index (χ1n) is 6.66. The zero-order valence-corrected chi connectivity index (χ0v) is 11.8. The van der Waals surface area contributed by atoms with Gasteiger partial charge < -0.3 is 9.74 Å². The lowest BCUT2D eigenvalue weighted by molar-refractivity contribution is -0.129. The molecule has 1 fully saturated rings. The fraction of sp³-hybridized carbons (Fsp3) is 0.846. The Morgan fingerprint density at radius 1 is 1.29 bits per heavy atom. The van der Waals surface area contributed by atoms with E-state index in [1.54, 1.807) is 11.1 Å². The van der Waals surface area contributed by atoms with Crippen molar-refractivity contribution >= 4 is 12.1 Å². The Morgan fingerprint density at radius 2 is 1.94 bits per heavy atom. The van der Waals surface area contributed by atoms with Gasteiger partial charge in [0.2, 0.25) is 5.91 Å². The Labute approximate surface area is 105 Å². The highest BCUT2D eigenvalue weighted by atomic mass is 16.7. The average Bonchev–Trinajstić information content (AvgIpc) is 2.82. The maximum absolute atomic E-state index is 11.4. The lowest BCUT2D eigenvalue weighted by Crippen LogP contribution is -2.30. The van der Waals surface area contributed by atoms with Gasteiger partial charge in [0, 0.05) is 39.1 Å². The van der Waals surface area contributed by atoms with E-state index in [0.29, 0.717) is 6.42 Å². The second-order valence-electron chi connectivity index (χ2n) is 3.83. The largest absolute Gasteiger partial charge is 0.389 e. The average molecular weight is 242 g/mol. The number of carbonyl (C=O) groups is 1. The van der Waals surface area contributed by atoms with Gasteiger partial charge in [0.25, 0.3) is 0 Å². The zero-order chi connectivity index (χ0) is 13.3. The van der Waals surface area contributed by atoms with Crippen LogP contribution in [0.15, 0.2) is 5.16 Å². The van der Waals surface area contributed by atoms with Crippen molar-refractivity contribution in [1.29, 1.82) is 0 Å². The van der Waals surface area contributed by atoms with E-state index in [9.17, 15) is 4.79 Å². The summed E-state index contributed by atoms with van der Waals surface area (Å²) in [6.45, 7) is 8.78. The normalized spacial score (nSPS) is 26.4. The van der Waals surface area contributed by atoms with Crippen molar-refractivity contribution in [3.8, 4) is 0 Å². The summed E-state index contributed by atoms with van der Waals surface area (Å²) in [5.41, 5.74) is -0.166. The van der Waals surface area contributed by atoms with Gasteiger partial charge in [-0.1, -0.05) is 32.9 Å². The molecule has 2 aliphatic rings. The molecule has 2 aliphatic heterocycles. The van der Waals surface area contributed by atoms with Gasteiger partial charge in [-0.15, -0.1) is 0 Å². The molecule has 0 saturated carbocycles. The molecule has 2 rings (SSSR count). The Balaban J connectivity index is 0.000000581. The minimum absolute atomic E-state index is 0.166. The van der Waals surface area contributed by atoms with E-state index in [4.69, 9.17) is 4.84 Å². The second-order valence-corrected chi connectivity index (χ2v) is 3.83. The van der Waals surface area contributed by atoms with Crippen molar-refractivity contribution in [2.75, 3.05) is 13.6 Å². The van der Waals surface area contributed by atoms with E-state index >= 15 is 0 Å². The van der Waals surface area contributed by atoms with Crippen molar-refractivity contribution in [2.45, 2.75) is 59.0 Å². The first kappa shape index (κ1) is 15.9. The van der Waals surface area contributed by atoms with Crippen LogP contribution >= 0.6 is 0 Å². The van der Waals surface area contributed by atoms with Crippen molar-refractivity contribution < 1.29 is 9.63 Å². The van der Waals surface area contributed by atoms with Crippen LogP contribution < -0.4 is 0 Å². The van der Waals surface area contributed by atoms with E-state index < -0.39 is 0 Å². The lowest BCUT2D eigenvalue weighted by atomic mass is 9.92. The van der Waals surface area contributed by atoms with Gasteiger partial charge in [-0.2, -0.15) is 0 Å². The molecule has 0 radical (unpaired) electrons. The third-order valence-corrected chi connectivity index (χ3v) is 2.91. The van der Waals surface area contributed by atoms with Gasteiger partial charge in [-0.25, -0.2) is 0 Å². The molecule has 0 aromatic carbocycles. The molecule has 0 aromatic rings. The molecule has 0 bridgehead atoms. The van der Waals surface area contributed by atoms with Crippen molar-refractivity contribution in [3.63, 3.8) is 0 Å². The third kappa shape index (κ3) is 4.36. The topological polar surface area (TPSA) is 41.9 Å². The molecule has 1 atom stereocenters. The quantitative estimate of drug-likeness (QED) is 0.655. The SMILES string of the molecule is CC.CC.CN1CCC2(CC=NO2)CCC1=O. The summed E-state index contributed by atoms with van der Waals surface area (Å²) in [5, 5.41) is 3.80. The second kappa shape index (κ2) is 8.09. The summed E-state index contributed by atoms with van der Waals surface area (Å²) in [7, 11) is 1.84. The summed E-state index contributed by atoms with van der Waals surface area (Å²) in [5.74, 6) is 0.215. The minimum Gasteiger partial charge on any atom is -0.389 e. The van der Waals surface area contributed by atoms with Gasteiger partial charge in [0.1, 0.15) is 5.60 Å². The molecule has 4 heteroatoms. The van der Waals surface area contributed by atoms with Crippen LogP contribution in [0.5, 0.6) is 0 Å². The van der Waals surface area contributed by atoms with Crippen molar-refractivity contribution in [1.82, 2.24) is 4.90 Å². The summed E-state index contributed by atoms with van der Waals surface area (Å²) < 4.78 is 0. The van der Waals surface area contributed by atoms with E-state index in [2.05, 4.69) is 5.16 Å². The molecule has 1 unspecified atom stereocenters. The van der Waals surface area contributed by atoms with Gasteiger partial charge in [0.15, 0.2) is 0 Å². The standard InChI is InChI=1S/C9H14N2O2.2C2H6/c1-11-7-5-9(3-2-8(11)12)4-6-10-13-9;2*1-2/h6H,2-5,7H2,1H3;2*1-2H3. The van der Waals surface area contributed by atoms with Gasteiger partial charge >= 0.3 is 0 Å². The summed E-state index contributed by atoms with van der Waals surface area (Å²) in [6.07, 6.45) is 4.94. The molecular formula is C13H26N2O2. The number of amides is 1. The Morgan fingerprint density at radius 3 is 2.47 bits per heavy atom. The van der Waals surface area contributed by atoms with E-state index in [1.165, 1.54) is 0 Å². The molecule has 0 N–H and O–H groups in total. The van der Waals surface area contributed by atoms with Crippen molar-refractivity contribution in [3.05, 3.63) is 0 Å². The highest BCUT2D eigenvalue weighted by molar-refractivity contribution is 5.76. The van der Waals surface area contributed by atoms with Crippen LogP contribution in [0.1, 0.15) is 53.4 Å². The number of hydrogen-bond donors (Lipinski definition) is 0. The molecular weight excluding hydrogens is 216 g/mol. The third-order valence-electron chi connectivity index (χ3n) is 2.91. The highest BCUT2D eigenvalue weighted by Gasteiger charge is 2.38. The van der Waals surface area contributed by atoms with E-state index in [1.807, 2.05) is 34.7 Å². The Bertz CT molecular complexity index is 244. The molecule has 0 aromatic heterocycles. The number of nitrogens with zero attached hydrogens (tertiary/aromatic N) is 2. The molecule has 4 nitrogen and oxygen atoms in total. The van der Waals surface area contributed by atoms with Gasteiger partial charge in [-0.3, -0.25) is 4.79 Å². The monoisotopic (exact) mass is 242 g/mol. The molecule has 100 valence electrons. The molecule has 1 amide bonds. The van der Waals surface area contributed by atoms with Crippen LogP contribution in [0.2, 0.25) is 0 Å². The molecule has 2 heterocycles. The van der Waals surface area contributed by atoms with Gasteiger partial charge in [-0.05, 0) is 6.42 Å². The van der Waals surface area contributed by atoms with Crippen LogP contribution in [-0.2, 0) is 9.63 Å². The number of hydrogen-bond acceptors (Lipinski definition) is 3. The molecule has 17 heavy (non-hydrogen) atoms. The number of oxime groups is 1. The zero-order valence-electron chi connectivity index (χ0n) is 11.8. The summed E-state index contributed by atoms with van der Waals surface area (Å²) in [4.78, 5) is 18.5. The maximum Gasteiger partial charge on any atom is 0.222 e. The first-order valence-corrected chi connectivity index (χ1v) is 6.66. The van der Waals surface area contributed by atoms with Crippen LogP contribution in [0.4, 0.5) is 0 Å². The molecule has 0 aliphatic carbocycles. The minimum atomic E-state index is -0.166. The molecule has 1 spiro atoms. The van der Waals surface area contributed by atoms with Crippen LogP contribution in [0, 0.1) is 0 Å². The number of carbonyl (C=O) groups excluding carboxylic acids is 1. The van der Waals surface area contributed by atoms with Crippen LogP contribution in [-0.4, -0.2) is 36.2 Å². The maximum atomic E-state index is 11.4.